The van der Waals surface area contributed by atoms with Crippen molar-refractivity contribution >= 4 is 18.0 Å². The Bertz CT molecular complexity index is 1020. The number of carboxylic acid groups (broad SMARTS) is 1. The first-order valence-corrected chi connectivity index (χ1v) is 12.6. The van der Waals surface area contributed by atoms with Crippen LogP contribution in [0.5, 0.6) is 0 Å². The Kier molecular flexibility index (Phi) is 8.06. The van der Waals surface area contributed by atoms with Crippen molar-refractivity contribution < 1.29 is 24.2 Å². The molecule has 2 aliphatic carbocycles. The zero-order valence-corrected chi connectivity index (χ0v) is 20.2. The van der Waals surface area contributed by atoms with Gasteiger partial charge in [0.2, 0.25) is 5.91 Å². The van der Waals surface area contributed by atoms with Gasteiger partial charge in [0, 0.05) is 18.4 Å². The van der Waals surface area contributed by atoms with Crippen molar-refractivity contribution in [3.8, 4) is 11.1 Å². The minimum absolute atomic E-state index is 0.0152. The lowest BCUT2D eigenvalue weighted by Gasteiger charge is -2.25. The quantitative estimate of drug-likeness (QED) is 0.478. The summed E-state index contributed by atoms with van der Waals surface area (Å²) in [7, 11) is 0. The van der Waals surface area contributed by atoms with Crippen LogP contribution in [0.1, 0.15) is 68.9 Å². The molecule has 0 aromatic heterocycles. The highest BCUT2D eigenvalue weighted by atomic mass is 16.5. The number of hydrogen-bond donors (Lipinski definition) is 3. The highest BCUT2D eigenvalue weighted by Gasteiger charge is 2.29. The van der Waals surface area contributed by atoms with E-state index in [1.54, 1.807) is 6.92 Å². The molecule has 2 amide bonds. The average Bonchev–Trinajstić information content (AvgIpc) is 3.16. The monoisotopic (exact) mass is 478 g/mol. The molecule has 7 nitrogen and oxygen atoms in total. The molecule has 0 radical (unpaired) electrons. The molecule has 0 saturated heterocycles. The number of alkyl carbamates (subject to hydrolysis) is 1. The fraction of sp³-hybridized carbons (Fsp3) is 0.464. The molecule has 1 fully saturated rings. The van der Waals surface area contributed by atoms with E-state index in [2.05, 4.69) is 34.9 Å². The molecule has 7 heteroatoms. The first-order chi connectivity index (χ1) is 16.9. The zero-order valence-electron chi connectivity index (χ0n) is 20.2. The van der Waals surface area contributed by atoms with Gasteiger partial charge in [-0.3, -0.25) is 4.79 Å². The summed E-state index contributed by atoms with van der Waals surface area (Å²) >= 11 is 0. The summed E-state index contributed by atoms with van der Waals surface area (Å²) in [5, 5.41) is 14.9. The molecule has 35 heavy (non-hydrogen) atoms. The Labute approximate surface area is 206 Å². The fourth-order valence-corrected chi connectivity index (χ4v) is 5.40. The number of amides is 2. The second-order valence-corrected chi connectivity index (χ2v) is 9.77. The second-order valence-electron chi connectivity index (χ2n) is 9.77. The maximum absolute atomic E-state index is 12.5. The van der Waals surface area contributed by atoms with Gasteiger partial charge in [-0.15, -0.1) is 0 Å². The largest absolute Gasteiger partial charge is 0.480 e. The van der Waals surface area contributed by atoms with E-state index >= 15 is 0 Å². The van der Waals surface area contributed by atoms with Crippen LogP contribution in [0.25, 0.3) is 11.1 Å². The van der Waals surface area contributed by atoms with E-state index < -0.39 is 24.1 Å². The van der Waals surface area contributed by atoms with Crippen LogP contribution in [0, 0.1) is 5.92 Å². The predicted molar refractivity (Wildman–Crippen MR) is 133 cm³/mol. The van der Waals surface area contributed by atoms with Crippen LogP contribution in [0.2, 0.25) is 0 Å². The highest BCUT2D eigenvalue weighted by molar-refractivity contribution is 5.84. The molecular weight excluding hydrogens is 444 g/mol. The molecule has 3 N–H and O–H groups in total. The van der Waals surface area contributed by atoms with Crippen molar-refractivity contribution in [1.29, 1.82) is 0 Å². The standard InChI is InChI=1S/C28H34N2O5/c1-18(15-26(31)30-25(27(32)33)16-19-9-3-2-4-10-19)29-28(34)35-17-24-22-13-7-5-11-20(22)21-12-6-8-14-23(21)24/h5-8,11-14,18-19,24-25H,2-4,9-10,15-17H2,1H3,(H,29,34)(H,30,31)(H,32,33)/t18-,25?/m1/s1. The van der Waals surface area contributed by atoms with E-state index in [1.807, 2.05) is 24.3 Å². The Morgan fingerprint density at radius 2 is 1.54 bits per heavy atom. The van der Waals surface area contributed by atoms with Crippen molar-refractivity contribution in [3.63, 3.8) is 0 Å². The van der Waals surface area contributed by atoms with E-state index in [0.29, 0.717) is 12.3 Å². The number of carboxylic acids is 1. The van der Waals surface area contributed by atoms with Gasteiger partial charge in [-0.2, -0.15) is 0 Å². The van der Waals surface area contributed by atoms with Crippen LogP contribution in [0.15, 0.2) is 48.5 Å². The lowest BCUT2D eigenvalue weighted by Crippen LogP contribution is -2.45. The van der Waals surface area contributed by atoms with Crippen molar-refractivity contribution in [2.24, 2.45) is 5.92 Å². The lowest BCUT2D eigenvalue weighted by atomic mass is 9.85. The maximum atomic E-state index is 12.5. The minimum atomic E-state index is -1.01. The fourth-order valence-electron chi connectivity index (χ4n) is 5.40. The summed E-state index contributed by atoms with van der Waals surface area (Å²) in [5.74, 6) is -1.11. The van der Waals surface area contributed by atoms with Gasteiger partial charge in [0.1, 0.15) is 12.6 Å². The van der Waals surface area contributed by atoms with E-state index in [-0.39, 0.29) is 24.9 Å². The highest BCUT2D eigenvalue weighted by Crippen LogP contribution is 2.44. The molecular formula is C28H34N2O5. The van der Waals surface area contributed by atoms with Gasteiger partial charge < -0.3 is 20.5 Å². The van der Waals surface area contributed by atoms with Crippen molar-refractivity contribution in [1.82, 2.24) is 10.6 Å². The molecule has 2 atom stereocenters. The van der Waals surface area contributed by atoms with Gasteiger partial charge in [-0.05, 0) is 41.5 Å². The Balaban J connectivity index is 1.25. The Morgan fingerprint density at radius 1 is 0.943 bits per heavy atom. The van der Waals surface area contributed by atoms with Gasteiger partial charge in [-0.1, -0.05) is 80.6 Å². The third kappa shape index (κ3) is 6.21. The SMILES string of the molecule is C[C@H](CC(=O)NC(CC1CCCCC1)C(=O)O)NC(=O)OCC1c2ccccc2-c2ccccc21. The summed E-state index contributed by atoms with van der Waals surface area (Å²) < 4.78 is 5.54. The Morgan fingerprint density at radius 3 is 2.14 bits per heavy atom. The number of carbonyl (C=O) groups excluding carboxylic acids is 2. The predicted octanol–water partition coefficient (Wildman–Crippen LogP) is 4.84. The summed E-state index contributed by atoms with van der Waals surface area (Å²) in [6.07, 6.45) is 5.30. The molecule has 0 bridgehead atoms. The number of benzene rings is 2. The summed E-state index contributed by atoms with van der Waals surface area (Å²) in [6, 6.07) is 14.9. The smallest absolute Gasteiger partial charge is 0.407 e. The van der Waals surface area contributed by atoms with E-state index in [1.165, 1.54) is 6.42 Å². The number of carbonyl (C=O) groups is 3. The molecule has 2 aromatic rings. The van der Waals surface area contributed by atoms with Crippen LogP contribution in [-0.4, -0.2) is 41.8 Å². The van der Waals surface area contributed by atoms with Crippen LogP contribution in [0.4, 0.5) is 4.79 Å². The molecule has 186 valence electrons. The van der Waals surface area contributed by atoms with Crippen LogP contribution in [-0.2, 0) is 14.3 Å². The van der Waals surface area contributed by atoms with Crippen LogP contribution >= 0.6 is 0 Å². The van der Waals surface area contributed by atoms with E-state index in [9.17, 15) is 19.5 Å². The third-order valence-electron chi connectivity index (χ3n) is 7.13. The molecule has 1 saturated carbocycles. The van der Waals surface area contributed by atoms with Crippen LogP contribution in [0.3, 0.4) is 0 Å². The van der Waals surface area contributed by atoms with Crippen LogP contribution < -0.4 is 10.6 Å². The third-order valence-corrected chi connectivity index (χ3v) is 7.13. The first kappa shape index (κ1) is 24.8. The van der Waals surface area contributed by atoms with E-state index in [4.69, 9.17) is 4.74 Å². The molecule has 1 unspecified atom stereocenters. The number of rotatable bonds is 9. The number of hydrogen-bond acceptors (Lipinski definition) is 4. The normalized spacial score (nSPS) is 17.1. The molecule has 4 rings (SSSR count). The average molecular weight is 479 g/mol. The topological polar surface area (TPSA) is 105 Å². The van der Waals surface area contributed by atoms with Gasteiger partial charge in [0.25, 0.3) is 0 Å². The number of nitrogens with one attached hydrogen (secondary N) is 2. The van der Waals surface area contributed by atoms with E-state index in [0.717, 1.165) is 47.9 Å². The summed E-state index contributed by atoms with van der Waals surface area (Å²) in [5.41, 5.74) is 4.57. The van der Waals surface area contributed by atoms with Crippen molar-refractivity contribution in [3.05, 3.63) is 59.7 Å². The zero-order chi connectivity index (χ0) is 24.8. The minimum Gasteiger partial charge on any atom is -0.480 e. The molecule has 0 heterocycles. The van der Waals surface area contributed by atoms with Gasteiger partial charge in [-0.25, -0.2) is 9.59 Å². The van der Waals surface area contributed by atoms with Gasteiger partial charge >= 0.3 is 12.1 Å². The number of fused-ring (bicyclic) bond motifs is 3. The Hall–Kier alpha value is -3.35. The molecule has 2 aliphatic rings. The van der Waals surface area contributed by atoms with Gasteiger partial charge in [0.15, 0.2) is 0 Å². The number of ether oxygens (including phenoxy) is 1. The molecule has 0 aliphatic heterocycles. The summed E-state index contributed by atoms with van der Waals surface area (Å²) in [4.78, 5) is 36.6. The van der Waals surface area contributed by atoms with Crippen molar-refractivity contribution in [2.45, 2.75) is 69.9 Å². The first-order valence-electron chi connectivity index (χ1n) is 12.6. The molecule has 2 aromatic carbocycles. The maximum Gasteiger partial charge on any atom is 0.407 e. The summed E-state index contributed by atoms with van der Waals surface area (Å²) in [6.45, 7) is 1.90. The second kappa shape index (κ2) is 11.4. The van der Waals surface area contributed by atoms with Crippen molar-refractivity contribution in [2.75, 3.05) is 6.61 Å². The lowest BCUT2D eigenvalue weighted by molar-refractivity contribution is -0.142. The number of aliphatic carboxylic acids is 1. The van der Waals surface area contributed by atoms with Gasteiger partial charge in [0.05, 0.1) is 0 Å². The molecule has 0 spiro atoms.